The van der Waals surface area contributed by atoms with Gasteiger partial charge in [-0.1, -0.05) is 6.42 Å². The van der Waals surface area contributed by atoms with Gasteiger partial charge in [0.15, 0.2) is 5.96 Å². The molecule has 70 valence electrons. The number of nitrogens with zero attached hydrogens (tertiary/aromatic N) is 1. The maximum Gasteiger partial charge on any atom is 0.185 e. The Hall–Kier alpha value is -1.26. The number of rotatable bonds is 6. The van der Waals surface area contributed by atoms with Crippen molar-refractivity contribution in [1.29, 1.82) is 0 Å². The van der Waals surface area contributed by atoms with Gasteiger partial charge >= 0.3 is 0 Å². The summed E-state index contributed by atoms with van der Waals surface area (Å²) < 4.78 is 0. The van der Waals surface area contributed by atoms with E-state index in [1.807, 2.05) is 0 Å². The van der Waals surface area contributed by atoms with E-state index < -0.39 is 5.97 Å². The summed E-state index contributed by atoms with van der Waals surface area (Å²) in [6.07, 6.45) is 2.36. The molecule has 5 nitrogen and oxygen atoms in total. The first-order valence-corrected chi connectivity index (χ1v) is 3.88. The van der Waals surface area contributed by atoms with Gasteiger partial charge in [-0.2, -0.15) is 0 Å². The number of hydrogen-bond donors (Lipinski definition) is 2. The molecule has 0 fully saturated rings. The van der Waals surface area contributed by atoms with Crippen molar-refractivity contribution < 1.29 is 9.90 Å². The lowest BCUT2D eigenvalue weighted by Gasteiger charge is -2.00. The number of carboxylic acid groups (broad SMARTS) is 1. The van der Waals surface area contributed by atoms with E-state index in [1.165, 1.54) is 0 Å². The van der Waals surface area contributed by atoms with Crippen LogP contribution >= 0.6 is 0 Å². The fraction of sp³-hybridized carbons (Fsp3) is 0.714. The van der Waals surface area contributed by atoms with Crippen molar-refractivity contribution in [3.63, 3.8) is 0 Å². The van der Waals surface area contributed by atoms with Gasteiger partial charge in [-0.3, -0.25) is 4.99 Å². The van der Waals surface area contributed by atoms with E-state index in [9.17, 15) is 9.90 Å². The van der Waals surface area contributed by atoms with Crippen molar-refractivity contribution in [2.75, 3.05) is 6.54 Å². The highest BCUT2D eigenvalue weighted by molar-refractivity contribution is 5.75. The van der Waals surface area contributed by atoms with Gasteiger partial charge in [0.1, 0.15) is 0 Å². The Bertz CT molecular complexity index is 164. The summed E-state index contributed by atoms with van der Waals surface area (Å²) in [6, 6.07) is 0. The van der Waals surface area contributed by atoms with Crippen molar-refractivity contribution in [1.82, 2.24) is 0 Å². The topological polar surface area (TPSA) is 105 Å². The highest BCUT2D eigenvalue weighted by atomic mass is 16.4. The van der Waals surface area contributed by atoms with Crippen molar-refractivity contribution in [2.24, 2.45) is 16.5 Å². The normalized spacial score (nSPS) is 9.33. The first-order chi connectivity index (χ1) is 5.63. The number of carbonyl (C=O) groups excluding carboxylic acids is 1. The second kappa shape index (κ2) is 6.45. The standard InChI is InChI=1S/C7H15N3O2/c8-7(9)10-5-3-1-2-4-6(11)12/h1-5H2,(H,11,12)(H4,8,9,10)/p-1. The monoisotopic (exact) mass is 172 g/mol. The molecule has 5 heteroatoms. The fourth-order valence-corrected chi connectivity index (χ4v) is 0.766. The number of aliphatic imine (C=N–C) groups is 1. The Balaban J connectivity index is 3.11. The van der Waals surface area contributed by atoms with Gasteiger partial charge in [0.2, 0.25) is 0 Å². The molecule has 0 rings (SSSR count). The molecule has 0 aromatic heterocycles. The van der Waals surface area contributed by atoms with Crippen LogP contribution in [0.1, 0.15) is 25.7 Å². The van der Waals surface area contributed by atoms with E-state index in [1.54, 1.807) is 0 Å². The van der Waals surface area contributed by atoms with Crippen molar-refractivity contribution >= 4 is 11.9 Å². The molecule has 0 saturated carbocycles. The summed E-state index contributed by atoms with van der Waals surface area (Å²) in [6.45, 7) is 0.565. The molecule has 0 amide bonds. The largest absolute Gasteiger partial charge is 0.550 e. The van der Waals surface area contributed by atoms with Crippen LogP contribution in [0, 0.1) is 0 Å². The van der Waals surface area contributed by atoms with Gasteiger partial charge in [0.25, 0.3) is 0 Å². The molecule has 0 aromatic carbocycles. The zero-order valence-corrected chi connectivity index (χ0v) is 6.95. The zero-order chi connectivity index (χ0) is 9.40. The van der Waals surface area contributed by atoms with Crippen LogP contribution in [0.25, 0.3) is 0 Å². The minimum absolute atomic E-state index is 0.0786. The Morgan fingerprint density at radius 1 is 1.25 bits per heavy atom. The second-order valence-corrected chi connectivity index (χ2v) is 2.49. The first kappa shape index (κ1) is 10.7. The highest BCUT2D eigenvalue weighted by Crippen LogP contribution is 1.98. The quantitative estimate of drug-likeness (QED) is 0.291. The van der Waals surface area contributed by atoms with E-state index >= 15 is 0 Å². The molecule has 0 radical (unpaired) electrons. The maximum absolute atomic E-state index is 9.96. The van der Waals surface area contributed by atoms with E-state index in [0.29, 0.717) is 13.0 Å². The fourth-order valence-electron chi connectivity index (χ4n) is 0.766. The molecule has 0 aliphatic heterocycles. The van der Waals surface area contributed by atoms with Crippen LogP contribution in [-0.2, 0) is 4.79 Å². The van der Waals surface area contributed by atoms with E-state index in [-0.39, 0.29) is 12.4 Å². The van der Waals surface area contributed by atoms with Crippen molar-refractivity contribution in [3.8, 4) is 0 Å². The van der Waals surface area contributed by atoms with Crippen LogP contribution in [0.3, 0.4) is 0 Å². The third-order valence-corrected chi connectivity index (χ3v) is 1.33. The summed E-state index contributed by atoms with van der Waals surface area (Å²) in [4.78, 5) is 13.7. The Morgan fingerprint density at radius 3 is 2.42 bits per heavy atom. The summed E-state index contributed by atoms with van der Waals surface area (Å²) in [5.74, 6) is -0.924. The minimum Gasteiger partial charge on any atom is -0.550 e. The average Bonchev–Trinajstić information content (AvgIpc) is 1.95. The number of unbranched alkanes of at least 4 members (excludes halogenated alkanes) is 2. The van der Waals surface area contributed by atoms with Crippen LogP contribution in [-0.4, -0.2) is 18.5 Å². The highest BCUT2D eigenvalue weighted by Gasteiger charge is 1.89. The Labute approximate surface area is 71.5 Å². The van der Waals surface area contributed by atoms with Crippen LogP contribution in [0.5, 0.6) is 0 Å². The van der Waals surface area contributed by atoms with Gasteiger partial charge in [-0.05, 0) is 19.3 Å². The molecule has 0 aliphatic rings. The number of carbonyl (C=O) groups is 1. The number of carboxylic acids is 1. The van der Waals surface area contributed by atoms with E-state index in [4.69, 9.17) is 11.5 Å². The summed E-state index contributed by atoms with van der Waals surface area (Å²) in [7, 11) is 0. The number of guanidine groups is 1. The summed E-state index contributed by atoms with van der Waals surface area (Å²) in [5, 5.41) is 9.96. The van der Waals surface area contributed by atoms with Gasteiger partial charge in [-0.25, -0.2) is 0 Å². The van der Waals surface area contributed by atoms with Gasteiger partial charge < -0.3 is 21.4 Å². The Morgan fingerprint density at radius 2 is 1.92 bits per heavy atom. The molecule has 0 aliphatic carbocycles. The minimum atomic E-state index is -1.00. The SMILES string of the molecule is NC(N)=NCCCCCC(=O)[O-]. The molecule has 0 heterocycles. The molecule has 4 N–H and O–H groups in total. The van der Waals surface area contributed by atoms with E-state index in [2.05, 4.69) is 4.99 Å². The molecule has 0 saturated heterocycles. The van der Waals surface area contributed by atoms with Crippen LogP contribution in [0.15, 0.2) is 4.99 Å². The van der Waals surface area contributed by atoms with Gasteiger partial charge in [0.05, 0.1) is 0 Å². The summed E-state index contributed by atoms with van der Waals surface area (Å²) in [5.41, 5.74) is 10.2. The maximum atomic E-state index is 9.96. The third-order valence-electron chi connectivity index (χ3n) is 1.33. The number of aliphatic carboxylic acids is 1. The van der Waals surface area contributed by atoms with Crippen LogP contribution < -0.4 is 16.6 Å². The number of hydrogen-bond acceptors (Lipinski definition) is 3. The van der Waals surface area contributed by atoms with Gasteiger partial charge in [0, 0.05) is 12.5 Å². The second-order valence-electron chi connectivity index (χ2n) is 2.49. The zero-order valence-electron chi connectivity index (χ0n) is 6.95. The smallest absolute Gasteiger partial charge is 0.185 e. The predicted octanol–water partition coefficient (Wildman–Crippen LogP) is -1.43. The van der Waals surface area contributed by atoms with Gasteiger partial charge in [-0.15, -0.1) is 0 Å². The lowest BCUT2D eigenvalue weighted by atomic mass is 10.2. The van der Waals surface area contributed by atoms with Crippen molar-refractivity contribution in [3.05, 3.63) is 0 Å². The number of nitrogens with two attached hydrogens (primary N) is 2. The lowest BCUT2D eigenvalue weighted by molar-refractivity contribution is -0.305. The van der Waals surface area contributed by atoms with Crippen LogP contribution in [0.2, 0.25) is 0 Å². The third kappa shape index (κ3) is 8.74. The van der Waals surface area contributed by atoms with E-state index in [0.717, 1.165) is 12.8 Å². The predicted molar refractivity (Wildman–Crippen MR) is 44.2 cm³/mol. The van der Waals surface area contributed by atoms with Crippen molar-refractivity contribution in [2.45, 2.75) is 25.7 Å². The Kier molecular flexibility index (Phi) is 5.77. The molecule has 12 heavy (non-hydrogen) atoms. The molecule has 0 atom stereocenters. The molecule has 0 bridgehead atoms. The molecule has 0 aromatic rings. The molecular formula is C7H14N3O2-. The molecule has 0 spiro atoms. The average molecular weight is 172 g/mol. The summed E-state index contributed by atoms with van der Waals surface area (Å²) >= 11 is 0. The lowest BCUT2D eigenvalue weighted by Crippen LogP contribution is -2.23. The van der Waals surface area contributed by atoms with Crippen LogP contribution in [0.4, 0.5) is 0 Å². The molecule has 0 unspecified atom stereocenters. The first-order valence-electron chi connectivity index (χ1n) is 3.88. The molecular weight excluding hydrogens is 158 g/mol.